The minimum absolute atomic E-state index is 0.568. The van der Waals surface area contributed by atoms with Crippen LogP contribution >= 0.6 is 0 Å². The van der Waals surface area contributed by atoms with E-state index in [2.05, 4.69) is 235 Å². The van der Waals surface area contributed by atoms with Gasteiger partial charge in [0.25, 0.3) is 0 Å². The summed E-state index contributed by atoms with van der Waals surface area (Å²) in [5.74, 6) is 1.74. The summed E-state index contributed by atoms with van der Waals surface area (Å²) in [7, 11) is 0. The number of para-hydroxylation sites is 2. The Morgan fingerprint density at radius 1 is 0.267 bits per heavy atom. The molecule has 11 aromatic carbocycles. The lowest BCUT2D eigenvalue weighted by Gasteiger charge is -2.21. The first kappa shape index (κ1) is 42.5. The quantitative estimate of drug-likeness (QED) is 0.152. The molecule has 4 heterocycles. The number of hydrogen-bond acceptors (Lipinski definition) is 5. The summed E-state index contributed by atoms with van der Waals surface area (Å²) in [5.41, 5.74) is 17.6. The van der Waals surface area contributed by atoms with Crippen molar-refractivity contribution >= 4 is 65.7 Å². The van der Waals surface area contributed by atoms with Crippen molar-refractivity contribution in [3.8, 4) is 84.4 Å². The van der Waals surface area contributed by atoms with Crippen LogP contribution in [0.2, 0.25) is 0 Å². The first-order valence-electron chi connectivity index (χ1n) is 25.2. The van der Waals surface area contributed by atoms with Crippen molar-refractivity contribution in [2.24, 2.45) is 0 Å². The number of nitrogens with zero attached hydrogens (tertiary/aromatic N) is 4. The average molecular weight is 959 g/mol. The van der Waals surface area contributed by atoms with Crippen molar-refractivity contribution in [1.82, 2.24) is 19.5 Å². The molecular formula is C69H42N4O2. The Bertz CT molecular complexity index is 4500. The molecule has 0 saturated carbocycles. The Hall–Kier alpha value is -10.2. The van der Waals surface area contributed by atoms with Gasteiger partial charge in [-0.3, -0.25) is 0 Å². The highest BCUT2D eigenvalue weighted by Gasteiger charge is 2.26. The summed E-state index contributed by atoms with van der Waals surface area (Å²) < 4.78 is 16.1. The van der Waals surface area contributed by atoms with Crippen molar-refractivity contribution in [1.29, 1.82) is 0 Å². The Kier molecular flexibility index (Phi) is 9.78. The second-order valence-corrected chi connectivity index (χ2v) is 19.1. The molecule has 0 fully saturated rings. The summed E-state index contributed by atoms with van der Waals surface area (Å²) in [6.45, 7) is 0. The van der Waals surface area contributed by atoms with E-state index in [1.54, 1.807) is 0 Å². The minimum Gasteiger partial charge on any atom is -0.452 e. The summed E-state index contributed by atoms with van der Waals surface area (Å²) in [6.07, 6.45) is 0. The van der Waals surface area contributed by atoms with Gasteiger partial charge in [-0.25, -0.2) is 15.0 Å². The van der Waals surface area contributed by atoms with Crippen LogP contribution in [0.15, 0.2) is 264 Å². The minimum atomic E-state index is 0.568. The number of hydrogen-bond donors (Lipinski definition) is 0. The van der Waals surface area contributed by atoms with Gasteiger partial charge >= 0.3 is 0 Å². The van der Waals surface area contributed by atoms with E-state index >= 15 is 0 Å². The Morgan fingerprint density at radius 2 is 0.667 bits per heavy atom. The molecule has 0 aliphatic heterocycles. The number of fused-ring (bicyclic) bond motifs is 11. The highest BCUT2D eigenvalue weighted by molar-refractivity contribution is 6.27. The summed E-state index contributed by atoms with van der Waals surface area (Å²) in [6, 6.07) is 89.3. The second kappa shape index (κ2) is 17.3. The maximum atomic E-state index is 7.10. The van der Waals surface area contributed by atoms with Crippen molar-refractivity contribution in [2.45, 2.75) is 0 Å². The molecule has 0 saturated heterocycles. The van der Waals surface area contributed by atoms with Gasteiger partial charge < -0.3 is 13.4 Å². The van der Waals surface area contributed by atoms with Gasteiger partial charge in [0.15, 0.2) is 28.6 Å². The topological polar surface area (TPSA) is 69.9 Å². The van der Waals surface area contributed by atoms with Gasteiger partial charge in [-0.2, -0.15) is 0 Å². The zero-order chi connectivity index (χ0) is 49.4. The van der Waals surface area contributed by atoms with E-state index in [1.165, 1.54) is 0 Å². The molecule has 0 aliphatic rings. The first-order valence-corrected chi connectivity index (χ1v) is 25.2. The lowest BCUT2D eigenvalue weighted by atomic mass is 9.92. The lowest BCUT2D eigenvalue weighted by molar-refractivity contribution is 0.635. The summed E-state index contributed by atoms with van der Waals surface area (Å²) >= 11 is 0. The van der Waals surface area contributed by atoms with Gasteiger partial charge in [0.05, 0.1) is 22.1 Å². The fourth-order valence-corrected chi connectivity index (χ4v) is 11.1. The molecule has 0 N–H and O–H groups in total. The Morgan fingerprint density at radius 3 is 1.23 bits per heavy atom. The zero-order valence-electron chi connectivity index (χ0n) is 40.4. The van der Waals surface area contributed by atoms with Crippen molar-refractivity contribution in [3.63, 3.8) is 0 Å². The van der Waals surface area contributed by atoms with Crippen molar-refractivity contribution in [2.75, 3.05) is 0 Å². The molecule has 6 nitrogen and oxygen atoms in total. The van der Waals surface area contributed by atoms with E-state index < -0.39 is 0 Å². The van der Waals surface area contributed by atoms with E-state index in [0.717, 1.165) is 133 Å². The van der Waals surface area contributed by atoms with Crippen LogP contribution in [0.25, 0.3) is 150 Å². The molecule has 0 amide bonds. The van der Waals surface area contributed by atoms with E-state index in [4.69, 9.17) is 23.8 Å². The molecule has 0 bridgehead atoms. The van der Waals surface area contributed by atoms with E-state index in [0.29, 0.717) is 17.5 Å². The molecule has 0 spiro atoms. The predicted octanol–water partition coefficient (Wildman–Crippen LogP) is 18.4. The number of benzene rings is 11. The fourth-order valence-electron chi connectivity index (χ4n) is 11.1. The molecule has 4 aromatic heterocycles. The molecule has 75 heavy (non-hydrogen) atoms. The van der Waals surface area contributed by atoms with E-state index in [-0.39, 0.29) is 0 Å². The lowest BCUT2D eigenvalue weighted by Crippen LogP contribution is -2.04. The van der Waals surface area contributed by atoms with Gasteiger partial charge in [0.2, 0.25) is 0 Å². The second-order valence-electron chi connectivity index (χ2n) is 19.1. The fraction of sp³-hybridized carbons (Fsp3) is 0. The third kappa shape index (κ3) is 7.07. The SMILES string of the molecule is c1ccc(-c2ccc(-c3nc(-c4ccc(-c5ccccc5)cc4)nc(-c4cc(-c5ccccc5)c(-n5c6ccccc6c6c7oc8c(ccc9c%10ccccc%10oc98)c7ccc65)c(-c5ccccc5)c4)n3)cc2)cc1. The van der Waals surface area contributed by atoms with Crippen LogP contribution < -0.4 is 0 Å². The standard InChI is InChI=1S/C69H42N4O2/c1-5-17-43(18-6-1)45-29-33-49(34-30-45)67-70-68(50-35-31-46(32-36-50)44-19-7-2-8-20-44)72-69(71-67)51-41-57(47-21-9-3-10-22-47)63(58(42-51)48-23-11-4-12-24-48)73-59-27-15-13-26-56(59)62-60(73)40-39-54-55-38-37-53-52-25-14-16-28-61(52)74-65(53)66(55)75-64(54)62/h1-42H. The highest BCUT2D eigenvalue weighted by atomic mass is 16.4. The molecule has 0 aliphatic carbocycles. The normalized spacial score (nSPS) is 11.7. The summed E-state index contributed by atoms with van der Waals surface area (Å²) in [4.78, 5) is 16.0. The third-order valence-corrected chi connectivity index (χ3v) is 14.7. The molecule has 350 valence electrons. The van der Waals surface area contributed by atoms with Gasteiger partial charge in [-0.05, 0) is 81.9 Å². The van der Waals surface area contributed by atoms with Gasteiger partial charge in [0, 0.05) is 54.7 Å². The maximum absolute atomic E-state index is 7.10. The summed E-state index contributed by atoms with van der Waals surface area (Å²) in [5, 5.41) is 6.29. The molecule has 15 aromatic rings. The molecule has 6 heteroatoms. The van der Waals surface area contributed by atoms with Gasteiger partial charge in [-0.1, -0.05) is 206 Å². The van der Waals surface area contributed by atoms with Crippen molar-refractivity contribution in [3.05, 3.63) is 255 Å². The largest absolute Gasteiger partial charge is 0.452 e. The van der Waals surface area contributed by atoms with Crippen LogP contribution in [0.4, 0.5) is 0 Å². The smallest absolute Gasteiger partial charge is 0.178 e. The highest BCUT2D eigenvalue weighted by Crippen LogP contribution is 2.47. The van der Waals surface area contributed by atoms with Crippen molar-refractivity contribution < 1.29 is 8.83 Å². The first-order chi connectivity index (χ1) is 37.2. The van der Waals surface area contributed by atoms with Gasteiger partial charge in [-0.15, -0.1) is 0 Å². The average Bonchev–Trinajstić information content (AvgIpc) is 4.25. The Balaban J connectivity index is 0.983. The zero-order valence-corrected chi connectivity index (χ0v) is 40.4. The molecule has 0 unspecified atom stereocenters. The Labute approximate surface area is 431 Å². The molecule has 0 radical (unpaired) electrons. The molecule has 15 rings (SSSR count). The molecular weight excluding hydrogens is 917 g/mol. The maximum Gasteiger partial charge on any atom is 0.178 e. The predicted molar refractivity (Wildman–Crippen MR) is 307 cm³/mol. The van der Waals surface area contributed by atoms with Crippen LogP contribution in [-0.4, -0.2) is 19.5 Å². The van der Waals surface area contributed by atoms with Crippen LogP contribution in [0, 0.1) is 0 Å². The number of rotatable bonds is 8. The van der Waals surface area contributed by atoms with Crippen LogP contribution in [0.3, 0.4) is 0 Å². The monoisotopic (exact) mass is 958 g/mol. The van der Waals surface area contributed by atoms with Crippen LogP contribution in [0.5, 0.6) is 0 Å². The third-order valence-electron chi connectivity index (χ3n) is 14.7. The van der Waals surface area contributed by atoms with Crippen LogP contribution in [0.1, 0.15) is 0 Å². The van der Waals surface area contributed by atoms with E-state index in [1.807, 2.05) is 24.3 Å². The van der Waals surface area contributed by atoms with Crippen LogP contribution in [-0.2, 0) is 0 Å². The van der Waals surface area contributed by atoms with Gasteiger partial charge in [0.1, 0.15) is 11.2 Å². The number of furan rings is 2. The number of aromatic nitrogens is 4. The molecule has 0 atom stereocenters. The van der Waals surface area contributed by atoms with E-state index in [9.17, 15) is 0 Å².